The third kappa shape index (κ3) is 5.35. The second-order valence-electron chi connectivity index (χ2n) is 6.99. The number of nitrogens with one attached hydrogen (secondary N) is 2. The van der Waals surface area contributed by atoms with Gasteiger partial charge in [0.2, 0.25) is 10.0 Å². The molecule has 8 nitrogen and oxygen atoms in total. The third-order valence-electron chi connectivity index (χ3n) is 4.89. The summed E-state index contributed by atoms with van der Waals surface area (Å²) < 4.78 is 26.9. The summed E-state index contributed by atoms with van der Waals surface area (Å²) in [5.41, 5.74) is 2.21. The Bertz CT molecular complexity index is 1120. The van der Waals surface area contributed by atoms with Gasteiger partial charge in [0.1, 0.15) is 10.6 Å². The van der Waals surface area contributed by atoms with Gasteiger partial charge in [0, 0.05) is 67.1 Å². The first-order valence-electron chi connectivity index (χ1n) is 9.93. The number of H-pyrrole nitrogens is 1. The molecule has 1 aliphatic rings. The van der Waals surface area contributed by atoms with Crippen LogP contribution in [-0.2, 0) is 16.4 Å². The van der Waals surface area contributed by atoms with Gasteiger partial charge >= 0.3 is 0 Å². The largest absolute Gasteiger partial charge is 0.356 e. The standard InChI is InChI=1S/C20H23N5O3S3/c26-20(17-12-16(13-23-17)31(27,28)25-8-10-29-11-9-25)22-5-1-2-19-24-18(14-30-19)15-3-6-21-7-4-15/h3-4,6-7,12-14,23H,1-2,5,8-11H2,(H,22,26). The Labute approximate surface area is 189 Å². The van der Waals surface area contributed by atoms with E-state index < -0.39 is 10.0 Å². The lowest BCUT2D eigenvalue weighted by molar-refractivity contribution is 0.0949. The van der Waals surface area contributed by atoms with Crippen molar-refractivity contribution in [2.24, 2.45) is 0 Å². The Morgan fingerprint density at radius 1 is 1.23 bits per heavy atom. The van der Waals surface area contributed by atoms with Crippen LogP contribution >= 0.6 is 23.1 Å². The minimum atomic E-state index is -3.56. The number of amides is 1. The highest BCUT2D eigenvalue weighted by molar-refractivity contribution is 7.99. The summed E-state index contributed by atoms with van der Waals surface area (Å²) in [6, 6.07) is 5.26. The molecule has 0 bridgehead atoms. The van der Waals surface area contributed by atoms with Crippen LogP contribution < -0.4 is 5.32 Å². The van der Waals surface area contributed by atoms with Gasteiger partial charge in [0.05, 0.1) is 10.7 Å². The van der Waals surface area contributed by atoms with Crippen molar-refractivity contribution in [2.75, 3.05) is 31.1 Å². The maximum atomic E-state index is 12.7. The van der Waals surface area contributed by atoms with Gasteiger partial charge in [-0.2, -0.15) is 16.1 Å². The van der Waals surface area contributed by atoms with Crippen LogP contribution in [0.1, 0.15) is 21.9 Å². The maximum Gasteiger partial charge on any atom is 0.267 e. The predicted molar refractivity (Wildman–Crippen MR) is 123 cm³/mol. The van der Waals surface area contributed by atoms with E-state index in [2.05, 4.69) is 20.3 Å². The number of thiazole rings is 1. The minimum absolute atomic E-state index is 0.135. The van der Waals surface area contributed by atoms with Gasteiger partial charge in [-0.15, -0.1) is 11.3 Å². The van der Waals surface area contributed by atoms with Crippen LogP contribution in [-0.4, -0.2) is 64.7 Å². The highest BCUT2D eigenvalue weighted by Crippen LogP contribution is 2.22. The predicted octanol–water partition coefficient (Wildman–Crippen LogP) is 2.63. The van der Waals surface area contributed by atoms with Crippen molar-refractivity contribution in [2.45, 2.75) is 17.7 Å². The Hall–Kier alpha value is -2.21. The Kier molecular flexibility index (Phi) is 7.06. The molecule has 11 heteroatoms. The molecule has 0 spiro atoms. The quantitative estimate of drug-likeness (QED) is 0.483. The van der Waals surface area contributed by atoms with Gasteiger partial charge in [-0.25, -0.2) is 13.4 Å². The number of hydrogen-bond acceptors (Lipinski definition) is 7. The van der Waals surface area contributed by atoms with E-state index in [4.69, 9.17) is 0 Å². The first kappa shape index (κ1) is 22.0. The second-order valence-corrected chi connectivity index (χ2v) is 11.1. The normalized spacial score (nSPS) is 15.1. The molecular formula is C20H23N5O3S3. The third-order valence-corrected chi connectivity index (χ3v) is 8.62. The van der Waals surface area contributed by atoms with Crippen molar-refractivity contribution in [1.82, 2.24) is 24.6 Å². The molecule has 0 unspecified atom stereocenters. The number of hydrogen-bond donors (Lipinski definition) is 2. The van der Waals surface area contributed by atoms with E-state index in [0.717, 1.165) is 40.6 Å². The molecule has 0 aliphatic carbocycles. The molecule has 0 atom stereocenters. The van der Waals surface area contributed by atoms with Crippen LogP contribution in [0, 0.1) is 0 Å². The van der Waals surface area contributed by atoms with Crippen molar-refractivity contribution in [3.63, 3.8) is 0 Å². The topological polar surface area (TPSA) is 108 Å². The Morgan fingerprint density at radius 2 is 2.00 bits per heavy atom. The number of sulfonamides is 1. The van der Waals surface area contributed by atoms with E-state index in [1.807, 2.05) is 17.5 Å². The summed E-state index contributed by atoms with van der Waals surface area (Å²) in [7, 11) is -3.56. The molecule has 0 saturated carbocycles. The molecule has 2 N–H and O–H groups in total. The maximum absolute atomic E-state index is 12.7. The molecule has 31 heavy (non-hydrogen) atoms. The average molecular weight is 478 g/mol. The van der Waals surface area contributed by atoms with Crippen molar-refractivity contribution in [3.8, 4) is 11.3 Å². The second kappa shape index (κ2) is 9.94. The molecule has 1 amide bonds. The van der Waals surface area contributed by atoms with Gasteiger partial charge in [-0.05, 0) is 24.6 Å². The summed E-state index contributed by atoms with van der Waals surface area (Å²) in [5, 5.41) is 5.87. The number of thioether (sulfide) groups is 1. The lowest BCUT2D eigenvalue weighted by atomic mass is 10.2. The molecular weight excluding hydrogens is 454 g/mol. The molecule has 0 radical (unpaired) electrons. The molecule has 4 rings (SSSR count). The minimum Gasteiger partial charge on any atom is -0.356 e. The summed E-state index contributed by atoms with van der Waals surface area (Å²) in [6.07, 6.45) is 6.38. The molecule has 1 fully saturated rings. The van der Waals surface area contributed by atoms with Crippen molar-refractivity contribution >= 4 is 39.0 Å². The van der Waals surface area contributed by atoms with E-state index in [1.165, 1.54) is 16.6 Å². The Morgan fingerprint density at radius 3 is 2.77 bits per heavy atom. The molecule has 1 saturated heterocycles. The zero-order valence-electron chi connectivity index (χ0n) is 16.8. The van der Waals surface area contributed by atoms with E-state index in [0.29, 0.717) is 19.6 Å². The highest BCUT2D eigenvalue weighted by Gasteiger charge is 2.27. The molecule has 164 valence electrons. The number of aromatic nitrogens is 3. The SMILES string of the molecule is O=C(NCCCc1nc(-c2ccncc2)cs1)c1cc(S(=O)(=O)N2CCSCC2)c[nH]1. The smallest absolute Gasteiger partial charge is 0.267 e. The number of aromatic amines is 1. The Balaban J connectivity index is 1.27. The van der Waals surface area contributed by atoms with E-state index in [-0.39, 0.29) is 16.5 Å². The monoisotopic (exact) mass is 477 g/mol. The van der Waals surface area contributed by atoms with Crippen LogP contribution in [0.4, 0.5) is 0 Å². The van der Waals surface area contributed by atoms with Crippen molar-refractivity contribution < 1.29 is 13.2 Å². The fourth-order valence-electron chi connectivity index (χ4n) is 3.21. The summed E-state index contributed by atoms with van der Waals surface area (Å²) >= 11 is 3.34. The summed E-state index contributed by atoms with van der Waals surface area (Å²) in [6.45, 7) is 1.48. The molecule has 1 aliphatic heterocycles. The average Bonchev–Trinajstić information content (AvgIpc) is 3.48. The van der Waals surface area contributed by atoms with Crippen molar-refractivity contribution in [1.29, 1.82) is 0 Å². The lowest BCUT2D eigenvalue weighted by Gasteiger charge is -2.24. The van der Waals surface area contributed by atoms with Gasteiger partial charge in [0.15, 0.2) is 0 Å². The van der Waals surface area contributed by atoms with Crippen LogP contribution in [0.2, 0.25) is 0 Å². The molecule has 3 aromatic rings. The van der Waals surface area contributed by atoms with Crippen LogP contribution in [0.15, 0.2) is 47.1 Å². The van der Waals surface area contributed by atoms with Crippen LogP contribution in [0.3, 0.4) is 0 Å². The van der Waals surface area contributed by atoms with Gasteiger partial charge in [0.25, 0.3) is 5.91 Å². The first-order valence-corrected chi connectivity index (χ1v) is 13.4. The summed E-state index contributed by atoms with van der Waals surface area (Å²) in [5.74, 6) is 1.27. The van der Waals surface area contributed by atoms with Gasteiger partial charge in [-0.1, -0.05) is 0 Å². The van der Waals surface area contributed by atoms with Gasteiger partial charge in [-0.3, -0.25) is 9.78 Å². The number of rotatable bonds is 8. The number of nitrogens with zero attached hydrogens (tertiary/aromatic N) is 3. The zero-order chi connectivity index (χ0) is 21.7. The molecule has 3 aromatic heterocycles. The fourth-order valence-corrected chi connectivity index (χ4v) is 6.63. The van der Waals surface area contributed by atoms with E-state index >= 15 is 0 Å². The highest BCUT2D eigenvalue weighted by atomic mass is 32.2. The van der Waals surface area contributed by atoms with Crippen LogP contribution in [0.5, 0.6) is 0 Å². The van der Waals surface area contributed by atoms with Crippen LogP contribution in [0.25, 0.3) is 11.3 Å². The number of pyridine rings is 1. The fraction of sp³-hybridized carbons (Fsp3) is 0.350. The van der Waals surface area contributed by atoms with E-state index in [9.17, 15) is 13.2 Å². The zero-order valence-corrected chi connectivity index (χ0v) is 19.2. The molecule has 4 heterocycles. The lowest BCUT2D eigenvalue weighted by Crippen LogP contribution is -2.37. The van der Waals surface area contributed by atoms with E-state index in [1.54, 1.807) is 35.5 Å². The van der Waals surface area contributed by atoms with Crippen molar-refractivity contribution in [3.05, 3.63) is 52.9 Å². The molecule has 0 aromatic carbocycles. The number of carbonyl (C=O) groups is 1. The summed E-state index contributed by atoms with van der Waals surface area (Å²) in [4.78, 5) is 24.0. The van der Waals surface area contributed by atoms with Gasteiger partial charge < -0.3 is 10.3 Å². The number of aryl methyl sites for hydroxylation is 1. The number of carbonyl (C=O) groups excluding carboxylic acids is 1. The first-order chi connectivity index (χ1) is 15.0.